The fraction of sp³-hybridized carbons (Fsp3) is 0.600. The third-order valence-electron chi connectivity index (χ3n) is 5.42. The quantitative estimate of drug-likeness (QED) is 0.873. The highest BCUT2D eigenvalue weighted by Crippen LogP contribution is 2.33. The molecule has 2 aliphatic rings. The van der Waals surface area contributed by atoms with Gasteiger partial charge in [-0.25, -0.2) is 0 Å². The predicted octanol–water partition coefficient (Wildman–Crippen LogP) is 2.92. The molecule has 0 bridgehead atoms. The topological polar surface area (TPSA) is 49.4 Å². The SMILES string of the molecule is CC(C)CC[C@]1(CCc2ccccc2)NC(=O)[C@@H]2CCCN2C1=O. The molecule has 2 aliphatic heterocycles. The van der Waals surface area contributed by atoms with Gasteiger partial charge in [0, 0.05) is 6.54 Å². The van der Waals surface area contributed by atoms with Gasteiger partial charge in [-0.1, -0.05) is 44.2 Å². The molecule has 1 aromatic rings. The number of piperazine rings is 1. The van der Waals surface area contributed by atoms with Crippen molar-refractivity contribution in [3.05, 3.63) is 35.9 Å². The second-order valence-corrected chi connectivity index (χ2v) is 7.65. The number of hydrogen-bond acceptors (Lipinski definition) is 2. The number of rotatable bonds is 6. The Labute approximate surface area is 144 Å². The molecule has 0 radical (unpaired) electrons. The van der Waals surface area contributed by atoms with Gasteiger partial charge in [-0.3, -0.25) is 9.59 Å². The van der Waals surface area contributed by atoms with Crippen molar-refractivity contribution in [1.82, 2.24) is 10.2 Å². The van der Waals surface area contributed by atoms with Crippen LogP contribution in [0.5, 0.6) is 0 Å². The molecular formula is C20H28N2O2. The first-order valence-corrected chi connectivity index (χ1v) is 9.19. The molecule has 0 unspecified atom stereocenters. The van der Waals surface area contributed by atoms with E-state index in [1.807, 2.05) is 23.1 Å². The molecule has 4 nitrogen and oxygen atoms in total. The van der Waals surface area contributed by atoms with Gasteiger partial charge in [0.1, 0.15) is 11.6 Å². The standard InChI is InChI=1S/C20H28N2O2/c1-15(2)10-12-20(13-11-16-7-4-3-5-8-16)19(24)22-14-6-9-17(22)18(23)21-20/h3-5,7-8,15,17H,6,9-14H2,1-2H3,(H,21,23)/t17-,20+/m0/s1. The highest BCUT2D eigenvalue weighted by Gasteiger charge is 2.51. The summed E-state index contributed by atoms with van der Waals surface area (Å²) in [6, 6.07) is 9.98. The van der Waals surface area contributed by atoms with Crippen LogP contribution in [0.4, 0.5) is 0 Å². The van der Waals surface area contributed by atoms with Crippen LogP contribution in [0.25, 0.3) is 0 Å². The summed E-state index contributed by atoms with van der Waals surface area (Å²) in [7, 11) is 0. The van der Waals surface area contributed by atoms with Crippen molar-refractivity contribution in [3.63, 3.8) is 0 Å². The van der Waals surface area contributed by atoms with E-state index in [1.54, 1.807) is 0 Å². The lowest BCUT2D eigenvalue weighted by molar-refractivity contribution is -0.153. The maximum Gasteiger partial charge on any atom is 0.249 e. The highest BCUT2D eigenvalue weighted by atomic mass is 16.2. The summed E-state index contributed by atoms with van der Waals surface area (Å²) in [5.74, 6) is 0.699. The van der Waals surface area contributed by atoms with E-state index in [1.165, 1.54) is 5.56 Å². The number of aryl methyl sites for hydroxylation is 1. The van der Waals surface area contributed by atoms with Crippen LogP contribution >= 0.6 is 0 Å². The van der Waals surface area contributed by atoms with Gasteiger partial charge >= 0.3 is 0 Å². The number of amides is 2. The Morgan fingerprint density at radius 1 is 1.21 bits per heavy atom. The average Bonchev–Trinajstić information content (AvgIpc) is 3.07. The Kier molecular flexibility index (Phi) is 4.93. The minimum absolute atomic E-state index is 0.0453. The van der Waals surface area contributed by atoms with E-state index in [0.29, 0.717) is 12.3 Å². The lowest BCUT2D eigenvalue weighted by Gasteiger charge is -2.44. The van der Waals surface area contributed by atoms with Crippen LogP contribution in [-0.4, -0.2) is 34.8 Å². The van der Waals surface area contributed by atoms with Gasteiger partial charge < -0.3 is 10.2 Å². The minimum Gasteiger partial charge on any atom is -0.340 e. The fourth-order valence-corrected chi connectivity index (χ4v) is 3.93. The molecule has 0 saturated carbocycles. The van der Waals surface area contributed by atoms with Crippen molar-refractivity contribution in [2.24, 2.45) is 5.92 Å². The van der Waals surface area contributed by atoms with Gasteiger partial charge in [0.15, 0.2) is 0 Å². The zero-order valence-electron chi connectivity index (χ0n) is 14.8. The number of carbonyl (C=O) groups excluding carboxylic acids is 2. The van der Waals surface area contributed by atoms with Gasteiger partial charge in [-0.2, -0.15) is 0 Å². The maximum absolute atomic E-state index is 13.2. The lowest BCUT2D eigenvalue weighted by atomic mass is 9.81. The smallest absolute Gasteiger partial charge is 0.249 e. The van der Waals surface area contributed by atoms with E-state index in [4.69, 9.17) is 0 Å². The van der Waals surface area contributed by atoms with Crippen LogP contribution in [0.15, 0.2) is 30.3 Å². The second-order valence-electron chi connectivity index (χ2n) is 7.65. The molecule has 1 N–H and O–H groups in total. The zero-order valence-corrected chi connectivity index (χ0v) is 14.8. The third-order valence-corrected chi connectivity index (χ3v) is 5.42. The van der Waals surface area contributed by atoms with Gasteiger partial charge in [0.05, 0.1) is 0 Å². The van der Waals surface area contributed by atoms with Crippen LogP contribution in [0.1, 0.15) is 51.5 Å². The Morgan fingerprint density at radius 2 is 1.96 bits per heavy atom. The molecular weight excluding hydrogens is 300 g/mol. The molecule has 2 saturated heterocycles. The Balaban J connectivity index is 1.81. The molecule has 4 heteroatoms. The Bertz CT molecular complexity index is 599. The van der Waals surface area contributed by atoms with Gasteiger partial charge in [0.25, 0.3) is 0 Å². The van der Waals surface area contributed by atoms with Gasteiger partial charge in [-0.05, 0) is 50.0 Å². The monoisotopic (exact) mass is 328 g/mol. The van der Waals surface area contributed by atoms with Crippen LogP contribution in [-0.2, 0) is 16.0 Å². The summed E-state index contributed by atoms with van der Waals surface area (Å²) in [5, 5.41) is 3.15. The van der Waals surface area contributed by atoms with Crippen molar-refractivity contribution in [2.75, 3.05) is 6.54 Å². The molecule has 1 aromatic carbocycles. The minimum atomic E-state index is -0.724. The number of nitrogens with one attached hydrogen (secondary N) is 1. The normalized spacial score (nSPS) is 26.6. The predicted molar refractivity (Wildman–Crippen MR) is 94.4 cm³/mol. The zero-order chi connectivity index (χ0) is 17.2. The lowest BCUT2D eigenvalue weighted by Crippen LogP contribution is -2.69. The molecule has 130 valence electrons. The summed E-state index contributed by atoms with van der Waals surface area (Å²) in [6.07, 6.45) is 4.89. The van der Waals surface area contributed by atoms with E-state index in [9.17, 15) is 9.59 Å². The number of carbonyl (C=O) groups is 2. The maximum atomic E-state index is 13.2. The van der Waals surface area contributed by atoms with Crippen molar-refractivity contribution in [1.29, 1.82) is 0 Å². The van der Waals surface area contributed by atoms with E-state index in [0.717, 1.165) is 38.6 Å². The van der Waals surface area contributed by atoms with Gasteiger partial charge in [0.2, 0.25) is 11.8 Å². The molecule has 24 heavy (non-hydrogen) atoms. The molecule has 0 aromatic heterocycles. The second kappa shape index (κ2) is 6.96. The van der Waals surface area contributed by atoms with E-state index in [2.05, 4.69) is 31.3 Å². The molecule has 2 heterocycles. The van der Waals surface area contributed by atoms with E-state index in [-0.39, 0.29) is 17.9 Å². The average molecular weight is 328 g/mol. The molecule has 0 aliphatic carbocycles. The van der Waals surface area contributed by atoms with Gasteiger partial charge in [-0.15, -0.1) is 0 Å². The Morgan fingerprint density at radius 3 is 2.67 bits per heavy atom. The summed E-state index contributed by atoms with van der Waals surface area (Å²) in [5.41, 5.74) is 0.491. The van der Waals surface area contributed by atoms with Crippen molar-refractivity contribution < 1.29 is 9.59 Å². The largest absolute Gasteiger partial charge is 0.340 e. The number of fused-ring (bicyclic) bond motifs is 1. The van der Waals surface area contributed by atoms with Crippen LogP contribution in [0.3, 0.4) is 0 Å². The number of hydrogen-bond donors (Lipinski definition) is 1. The first-order valence-electron chi connectivity index (χ1n) is 9.19. The van der Waals surface area contributed by atoms with E-state index < -0.39 is 5.54 Å². The fourth-order valence-electron chi connectivity index (χ4n) is 3.93. The Hall–Kier alpha value is -1.84. The molecule has 2 amide bonds. The number of benzene rings is 1. The van der Waals surface area contributed by atoms with Crippen molar-refractivity contribution in [2.45, 2.75) is 64.0 Å². The van der Waals surface area contributed by atoms with Crippen molar-refractivity contribution >= 4 is 11.8 Å². The molecule has 0 spiro atoms. The molecule has 3 rings (SSSR count). The van der Waals surface area contributed by atoms with Crippen LogP contribution in [0.2, 0.25) is 0 Å². The summed E-state index contributed by atoms with van der Waals surface area (Å²) >= 11 is 0. The van der Waals surface area contributed by atoms with Crippen LogP contribution in [0, 0.1) is 5.92 Å². The first-order chi connectivity index (χ1) is 11.5. The summed E-state index contributed by atoms with van der Waals surface area (Å²) in [4.78, 5) is 27.6. The molecule has 2 atom stereocenters. The summed E-state index contributed by atoms with van der Waals surface area (Å²) in [6.45, 7) is 5.06. The molecule has 2 fully saturated rings. The van der Waals surface area contributed by atoms with Crippen molar-refractivity contribution in [3.8, 4) is 0 Å². The highest BCUT2D eigenvalue weighted by molar-refractivity contribution is 6.00. The van der Waals surface area contributed by atoms with Crippen LogP contribution < -0.4 is 5.32 Å². The third kappa shape index (κ3) is 3.33. The summed E-state index contributed by atoms with van der Waals surface area (Å²) < 4.78 is 0. The number of nitrogens with zero attached hydrogens (tertiary/aromatic N) is 1. The van der Waals surface area contributed by atoms with E-state index >= 15 is 0 Å². The first kappa shape index (κ1) is 17.0.